The highest BCUT2D eigenvalue weighted by molar-refractivity contribution is 5.69. The highest BCUT2D eigenvalue weighted by Crippen LogP contribution is 2.29. The first-order valence-corrected chi connectivity index (χ1v) is 10.1. The van der Waals surface area contributed by atoms with Crippen molar-refractivity contribution < 1.29 is 19.1 Å². The van der Waals surface area contributed by atoms with Gasteiger partial charge in [0.2, 0.25) is 0 Å². The number of amides is 1. The smallest absolute Gasteiger partial charge is 0.410 e. The van der Waals surface area contributed by atoms with Crippen molar-refractivity contribution in [1.29, 1.82) is 0 Å². The third kappa shape index (κ3) is 6.15. The second kappa shape index (κ2) is 9.07. The molecular weight excluding hydrogens is 332 g/mol. The minimum atomic E-state index is -0.454. The van der Waals surface area contributed by atoms with E-state index in [9.17, 15) is 9.59 Å². The molecule has 2 saturated heterocycles. The third-order valence-corrected chi connectivity index (χ3v) is 5.29. The SMILES string of the molecule is CCOC(=O)C[C@@H]1CCCN(C2CCN(C(=O)OC(C)(C)C)CC2C)C1. The normalized spacial score (nSPS) is 27.9. The second-order valence-corrected chi connectivity index (χ2v) is 8.77. The fourth-order valence-electron chi connectivity index (χ4n) is 4.19. The maximum absolute atomic E-state index is 12.3. The zero-order chi connectivity index (χ0) is 19.3. The summed E-state index contributed by atoms with van der Waals surface area (Å²) >= 11 is 0. The minimum Gasteiger partial charge on any atom is -0.466 e. The number of carbonyl (C=O) groups excluding carboxylic acids is 2. The number of nitrogens with zero attached hydrogens (tertiary/aromatic N) is 2. The molecule has 0 aromatic rings. The molecule has 0 radical (unpaired) electrons. The molecule has 150 valence electrons. The van der Waals surface area contributed by atoms with Crippen molar-refractivity contribution in [2.45, 2.75) is 71.9 Å². The molecule has 0 saturated carbocycles. The molecule has 2 unspecified atom stereocenters. The molecule has 0 N–H and O–H groups in total. The van der Waals surface area contributed by atoms with Gasteiger partial charge in [0.1, 0.15) is 5.60 Å². The van der Waals surface area contributed by atoms with Gasteiger partial charge in [0.15, 0.2) is 0 Å². The maximum Gasteiger partial charge on any atom is 0.410 e. The average Bonchev–Trinajstić information content (AvgIpc) is 2.53. The average molecular weight is 369 g/mol. The van der Waals surface area contributed by atoms with Crippen molar-refractivity contribution in [2.75, 3.05) is 32.8 Å². The lowest BCUT2D eigenvalue weighted by Crippen LogP contribution is -2.54. The summed E-state index contributed by atoms with van der Waals surface area (Å²) in [6.07, 6.45) is 3.51. The van der Waals surface area contributed by atoms with Gasteiger partial charge < -0.3 is 14.4 Å². The van der Waals surface area contributed by atoms with E-state index >= 15 is 0 Å². The Morgan fingerprint density at radius 1 is 1.12 bits per heavy atom. The Labute approximate surface area is 158 Å². The van der Waals surface area contributed by atoms with Crippen molar-refractivity contribution in [3.8, 4) is 0 Å². The van der Waals surface area contributed by atoms with Gasteiger partial charge in [-0.05, 0) is 65.3 Å². The van der Waals surface area contributed by atoms with E-state index in [1.807, 2.05) is 32.6 Å². The summed E-state index contributed by atoms with van der Waals surface area (Å²) in [5.41, 5.74) is -0.454. The highest BCUT2D eigenvalue weighted by atomic mass is 16.6. The molecule has 2 aliphatic heterocycles. The van der Waals surface area contributed by atoms with E-state index in [4.69, 9.17) is 9.47 Å². The summed E-state index contributed by atoms with van der Waals surface area (Å²) in [6, 6.07) is 0.471. The van der Waals surface area contributed by atoms with Crippen LogP contribution in [-0.4, -0.2) is 66.3 Å². The lowest BCUT2D eigenvalue weighted by Gasteiger charge is -2.45. The van der Waals surface area contributed by atoms with Gasteiger partial charge in [-0.1, -0.05) is 6.92 Å². The van der Waals surface area contributed by atoms with E-state index in [1.54, 1.807) is 0 Å². The first-order valence-electron chi connectivity index (χ1n) is 10.1. The summed E-state index contributed by atoms with van der Waals surface area (Å²) in [7, 11) is 0. The molecule has 2 fully saturated rings. The topological polar surface area (TPSA) is 59.1 Å². The Kier molecular flexibility index (Phi) is 7.33. The van der Waals surface area contributed by atoms with Crippen molar-refractivity contribution in [3.63, 3.8) is 0 Å². The van der Waals surface area contributed by atoms with Crippen LogP contribution in [0, 0.1) is 11.8 Å². The Bertz CT molecular complexity index is 489. The lowest BCUT2D eigenvalue weighted by molar-refractivity contribution is -0.144. The summed E-state index contributed by atoms with van der Waals surface area (Å²) in [4.78, 5) is 28.5. The van der Waals surface area contributed by atoms with E-state index in [-0.39, 0.29) is 12.1 Å². The maximum atomic E-state index is 12.3. The molecule has 3 atom stereocenters. The zero-order valence-electron chi connectivity index (χ0n) is 17.1. The molecule has 0 spiro atoms. The molecule has 6 heteroatoms. The Morgan fingerprint density at radius 3 is 2.46 bits per heavy atom. The number of hydrogen-bond acceptors (Lipinski definition) is 5. The van der Waals surface area contributed by atoms with Crippen molar-refractivity contribution in [3.05, 3.63) is 0 Å². The Balaban J connectivity index is 1.86. The summed E-state index contributed by atoms with van der Waals surface area (Å²) in [5.74, 6) is 0.712. The molecule has 0 aromatic heterocycles. The standard InChI is InChI=1S/C20H36N2O4/c1-6-25-18(23)12-16-8-7-10-21(14-16)17-9-11-22(13-15(17)2)19(24)26-20(3,4)5/h15-17H,6-14H2,1-5H3/t15?,16-,17?/m0/s1. The predicted octanol–water partition coefficient (Wildman–Crippen LogP) is 3.30. The summed E-state index contributed by atoms with van der Waals surface area (Å²) in [5, 5.41) is 0. The first-order chi connectivity index (χ1) is 12.2. The third-order valence-electron chi connectivity index (χ3n) is 5.29. The van der Waals surface area contributed by atoms with Gasteiger partial charge in [-0.3, -0.25) is 9.69 Å². The van der Waals surface area contributed by atoms with Gasteiger partial charge in [-0.15, -0.1) is 0 Å². The van der Waals surface area contributed by atoms with Gasteiger partial charge in [0.25, 0.3) is 0 Å². The number of hydrogen-bond donors (Lipinski definition) is 0. The van der Waals surface area contributed by atoms with E-state index in [2.05, 4.69) is 11.8 Å². The number of rotatable bonds is 4. The Hall–Kier alpha value is -1.30. The van der Waals surface area contributed by atoms with Gasteiger partial charge in [-0.2, -0.15) is 0 Å². The van der Waals surface area contributed by atoms with Crippen molar-refractivity contribution in [1.82, 2.24) is 9.80 Å². The van der Waals surface area contributed by atoms with E-state index < -0.39 is 5.60 Å². The van der Waals surface area contributed by atoms with Crippen LogP contribution in [0.4, 0.5) is 4.79 Å². The largest absolute Gasteiger partial charge is 0.466 e. The number of carbonyl (C=O) groups is 2. The van der Waals surface area contributed by atoms with Crippen LogP contribution in [0.15, 0.2) is 0 Å². The molecular formula is C20H36N2O4. The lowest BCUT2D eigenvalue weighted by atomic mass is 9.88. The van der Waals surface area contributed by atoms with Crippen LogP contribution in [0.5, 0.6) is 0 Å². The van der Waals surface area contributed by atoms with Crippen LogP contribution in [-0.2, 0) is 14.3 Å². The molecule has 2 heterocycles. The Morgan fingerprint density at radius 2 is 1.85 bits per heavy atom. The van der Waals surface area contributed by atoms with Crippen LogP contribution in [0.3, 0.4) is 0 Å². The monoisotopic (exact) mass is 368 g/mol. The van der Waals surface area contributed by atoms with E-state index in [1.165, 1.54) is 0 Å². The van der Waals surface area contributed by atoms with Crippen LogP contribution in [0.1, 0.15) is 60.3 Å². The fraction of sp³-hybridized carbons (Fsp3) is 0.900. The van der Waals surface area contributed by atoms with E-state index in [0.717, 1.165) is 45.4 Å². The number of piperidine rings is 2. The highest BCUT2D eigenvalue weighted by Gasteiger charge is 2.36. The quantitative estimate of drug-likeness (QED) is 0.713. The van der Waals surface area contributed by atoms with Crippen LogP contribution < -0.4 is 0 Å². The molecule has 2 rings (SSSR count). The van der Waals surface area contributed by atoms with Gasteiger partial charge in [0, 0.05) is 32.1 Å². The number of ether oxygens (including phenoxy) is 2. The molecule has 6 nitrogen and oxygen atoms in total. The summed E-state index contributed by atoms with van der Waals surface area (Å²) in [6.45, 7) is 13.7. The number of likely N-dealkylation sites (tertiary alicyclic amines) is 2. The molecule has 0 aromatic carbocycles. The minimum absolute atomic E-state index is 0.0767. The van der Waals surface area contributed by atoms with Gasteiger partial charge in [0.05, 0.1) is 6.61 Å². The van der Waals surface area contributed by atoms with Crippen LogP contribution in [0.25, 0.3) is 0 Å². The molecule has 1 amide bonds. The molecule has 2 aliphatic rings. The molecule has 0 bridgehead atoms. The van der Waals surface area contributed by atoms with Crippen LogP contribution >= 0.6 is 0 Å². The predicted molar refractivity (Wildman–Crippen MR) is 101 cm³/mol. The van der Waals surface area contributed by atoms with Crippen molar-refractivity contribution in [2.24, 2.45) is 11.8 Å². The van der Waals surface area contributed by atoms with Gasteiger partial charge >= 0.3 is 12.1 Å². The molecule has 0 aliphatic carbocycles. The van der Waals surface area contributed by atoms with Crippen molar-refractivity contribution >= 4 is 12.1 Å². The van der Waals surface area contributed by atoms with E-state index in [0.29, 0.717) is 30.9 Å². The fourth-order valence-corrected chi connectivity index (χ4v) is 4.19. The van der Waals surface area contributed by atoms with Crippen LogP contribution in [0.2, 0.25) is 0 Å². The summed E-state index contributed by atoms with van der Waals surface area (Å²) < 4.78 is 10.6. The number of esters is 1. The van der Waals surface area contributed by atoms with Gasteiger partial charge in [-0.25, -0.2) is 4.79 Å². The molecule has 26 heavy (non-hydrogen) atoms. The second-order valence-electron chi connectivity index (χ2n) is 8.77. The first kappa shape index (κ1) is 21.0. The zero-order valence-corrected chi connectivity index (χ0v) is 17.1.